The normalized spacial score (nSPS) is 12.1. The third-order valence-corrected chi connectivity index (χ3v) is 4.93. The van der Waals surface area contributed by atoms with Crippen LogP contribution in [0.1, 0.15) is 11.1 Å². The van der Waals surface area contributed by atoms with Crippen LogP contribution in [0, 0.1) is 0 Å². The average molecular weight is 553 g/mol. The molecule has 188 valence electrons. The fraction of sp³-hybridized carbons (Fsp3) is 0.300. The molecule has 2 N–H and O–H groups in total. The molecule has 2 aromatic carbocycles. The van der Waals surface area contributed by atoms with E-state index in [1.54, 1.807) is 0 Å². The van der Waals surface area contributed by atoms with Crippen molar-refractivity contribution in [1.29, 1.82) is 0 Å². The van der Waals surface area contributed by atoms with Crippen LogP contribution in [0.3, 0.4) is 0 Å². The molecule has 14 heteroatoms. The maximum Gasteiger partial charge on any atom is 0.417 e. The first kappa shape index (κ1) is 29.8. The summed E-state index contributed by atoms with van der Waals surface area (Å²) in [4.78, 5) is 24.6. The van der Waals surface area contributed by atoms with Crippen LogP contribution in [-0.2, 0) is 21.9 Å². The second kappa shape index (κ2) is 11.0. The zero-order chi connectivity index (χ0) is 25.2. The van der Waals surface area contributed by atoms with Crippen molar-refractivity contribution in [3.8, 4) is 0 Å². The first-order valence-corrected chi connectivity index (χ1v) is 9.89. The number of nitrogens with one attached hydrogen (secondary N) is 2. The molecule has 0 atom stereocenters. The Balaban J connectivity index is 0.00000578. The van der Waals surface area contributed by atoms with Gasteiger partial charge in [0.15, 0.2) is 13.1 Å². The fourth-order valence-electron chi connectivity index (χ4n) is 2.84. The number of hydrogen-bond donors (Lipinski definition) is 2. The molecule has 0 aliphatic rings. The van der Waals surface area contributed by atoms with E-state index in [1.807, 2.05) is 0 Å². The summed E-state index contributed by atoms with van der Waals surface area (Å²) in [5.41, 5.74) is -2.51. The number of carbonyl (C=O) groups is 2. The Hall–Kier alpha value is -2.21. The predicted octanol–water partition coefficient (Wildman–Crippen LogP) is 2.69. The monoisotopic (exact) mass is 551 g/mol. The number of likely N-dealkylation sites (N-methyl/N-ethyl adjacent to an activating group) is 1. The van der Waals surface area contributed by atoms with Crippen LogP contribution in [0.4, 0.5) is 37.7 Å². The van der Waals surface area contributed by atoms with E-state index in [0.29, 0.717) is 12.1 Å². The quantitative estimate of drug-likeness (QED) is 0.428. The van der Waals surface area contributed by atoms with Gasteiger partial charge in [-0.1, -0.05) is 23.2 Å². The minimum Gasteiger partial charge on any atom is -1.00 e. The van der Waals surface area contributed by atoms with E-state index in [-0.39, 0.29) is 46.4 Å². The number of carbonyl (C=O) groups excluding carboxylic acids is 2. The lowest BCUT2D eigenvalue weighted by Crippen LogP contribution is -3.00. The number of amides is 2. The van der Waals surface area contributed by atoms with Crippen molar-refractivity contribution >= 4 is 46.4 Å². The van der Waals surface area contributed by atoms with Gasteiger partial charge in [0, 0.05) is 5.69 Å². The lowest BCUT2D eigenvalue weighted by atomic mass is 10.2. The Labute approximate surface area is 207 Å². The highest BCUT2D eigenvalue weighted by molar-refractivity contribution is 6.33. The number of hydrogen-bond acceptors (Lipinski definition) is 2. The minimum absolute atomic E-state index is 0. The number of quaternary nitrogens is 1. The Kier molecular flexibility index (Phi) is 9.67. The molecule has 2 rings (SSSR count). The molecule has 2 aromatic rings. The highest BCUT2D eigenvalue weighted by Crippen LogP contribution is 2.36. The average Bonchev–Trinajstić information content (AvgIpc) is 2.62. The number of rotatable bonds is 6. The highest BCUT2D eigenvalue weighted by Gasteiger charge is 2.34. The summed E-state index contributed by atoms with van der Waals surface area (Å²) >= 11 is 11.4. The van der Waals surface area contributed by atoms with Gasteiger partial charge in [-0.25, -0.2) is 0 Å². The Morgan fingerprint density at radius 3 is 1.88 bits per heavy atom. The van der Waals surface area contributed by atoms with Gasteiger partial charge in [-0.2, -0.15) is 26.3 Å². The van der Waals surface area contributed by atoms with E-state index in [4.69, 9.17) is 23.2 Å². The smallest absolute Gasteiger partial charge is 0.417 e. The van der Waals surface area contributed by atoms with Crippen molar-refractivity contribution in [1.82, 2.24) is 0 Å². The Bertz CT molecular complexity index is 1060. The molecule has 0 spiro atoms. The fourth-order valence-corrected chi connectivity index (χ4v) is 3.23. The summed E-state index contributed by atoms with van der Waals surface area (Å²) in [6.07, 6.45) is -9.35. The molecule has 0 saturated carbocycles. The van der Waals surface area contributed by atoms with E-state index in [2.05, 4.69) is 10.6 Å². The largest absolute Gasteiger partial charge is 1.00 e. The lowest BCUT2D eigenvalue weighted by Gasteiger charge is -2.28. The van der Waals surface area contributed by atoms with E-state index < -0.39 is 40.3 Å². The molecule has 2 amide bonds. The number of benzene rings is 2. The standard InChI is InChI=1S/C20H17Cl2F6N3O2.ClH/c1-31(2,9-17(32)29-12-4-6-14(21)13(8-12)20(26,27)28)10-18(33)30-16-7-11(19(23,24)25)3-5-15(16)22;/h3-8H,9-10H2,1-2H3,(H-,29,30,32,33);1H. The first-order valence-electron chi connectivity index (χ1n) is 9.13. The zero-order valence-electron chi connectivity index (χ0n) is 17.5. The zero-order valence-corrected chi connectivity index (χ0v) is 19.8. The summed E-state index contributed by atoms with van der Waals surface area (Å²) in [5.74, 6) is -1.42. The summed E-state index contributed by atoms with van der Waals surface area (Å²) in [6, 6.07) is 5.32. The summed E-state index contributed by atoms with van der Waals surface area (Å²) in [6.45, 7) is -0.665. The van der Waals surface area contributed by atoms with Crippen LogP contribution < -0.4 is 23.0 Å². The van der Waals surface area contributed by atoms with Crippen molar-refractivity contribution < 1.29 is 52.8 Å². The molecule has 34 heavy (non-hydrogen) atoms. The van der Waals surface area contributed by atoms with Gasteiger partial charge in [-0.05, 0) is 36.4 Å². The van der Waals surface area contributed by atoms with Gasteiger partial charge in [0.05, 0.1) is 41.0 Å². The first-order chi connectivity index (χ1) is 15.0. The molecule has 0 aliphatic carbocycles. The van der Waals surface area contributed by atoms with Gasteiger partial charge in [-0.3, -0.25) is 9.59 Å². The third-order valence-electron chi connectivity index (χ3n) is 4.27. The van der Waals surface area contributed by atoms with Gasteiger partial charge in [0.2, 0.25) is 0 Å². The molecule has 0 aromatic heterocycles. The third kappa shape index (κ3) is 8.53. The van der Waals surface area contributed by atoms with Crippen molar-refractivity contribution in [2.24, 2.45) is 0 Å². The van der Waals surface area contributed by atoms with E-state index in [0.717, 1.165) is 18.2 Å². The van der Waals surface area contributed by atoms with Gasteiger partial charge in [0.25, 0.3) is 11.8 Å². The molecule has 5 nitrogen and oxygen atoms in total. The predicted molar refractivity (Wildman–Crippen MR) is 112 cm³/mol. The van der Waals surface area contributed by atoms with Crippen LogP contribution in [0.25, 0.3) is 0 Å². The maximum absolute atomic E-state index is 13.0. The highest BCUT2D eigenvalue weighted by atomic mass is 35.5. The van der Waals surface area contributed by atoms with Gasteiger partial charge in [0.1, 0.15) is 0 Å². The van der Waals surface area contributed by atoms with Crippen molar-refractivity contribution in [2.45, 2.75) is 12.4 Å². The molecular weight excluding hydrogens is 535 g/mol. The lowest BCUT2D eigenvalue weighted by molar-refractivity contribution is -0.874. The molecule has 0 radical (unpaired) electrons. The second-order valence-electron chi connectivity index (χ2n) is 7.73. The molecule has 0 heterocycles. The van der Waals surface area contributed by atoms with Crippen LogP contribution in [0.5, 0.6) is 0 Å². The summed E-state index contributed by atoms with van der Waals surface area (Å²) in [5, 5.41) is 3.94. The molecular formula is C20H18Cl3F6N3O2. The van der Waals surface area contributed by atoms with E-state index in [9.17, 15) is 35.9 Å². The molecule has 0 bridgehead atoms. The Morgan fingerprint density at radius 1 is 0.824 bits per heavy atom. The molecule has 0 unspecified atom stereocenters. The number of alkyl halides is 6. The topological polar surface area (TPSA) is 58.2 Å². The van der Waals surface area contributed by atoms with Crippen LogP contribution in [-0.4, -0.2) is 43.5 Å². The van der Waals surface area contributed by atoms with Gasteiger partial charge >= 0.3 is 12.4 Å². The molecule has 0 fully saturated rings. The number of halogens is 9. The van der Waals surface area contributed by atoms with Crippen LogP contribution in [0.2, 0.25) is 10.0 Å². The van der Waals surface area contributed by atoms with E-state index in [1.165, 1.54) is 20.2 Å². The van der Waals surface area contributed by atoms with Crippen LogP contribution >= 0.6 is 23.2 Å². The number of anilines is 2. The second-order valence-corrected chi connectivity index (χ2v) is 8.55. The maximum atomic E-state index is 13.0. The molecule has 0 saturated heterocycles. The summed E-state index contributed by atoms with van der Waals surface area (Å²) < 4.78 is 77.2. The molecule has 0 aliphatic heterocycles. The minimum atomic E-state index is -4.71. The SMILES string of the molecule is C[N+](C)(CC(=O)Nc1ccc(Cl)c(C(F)(F)F)c1)CC(=O)Nc1cc(C(F)(F)F)ccc1Cl.[Cl-]. The van der Waals surface area contributed by atoms with E-state index >= 15 is 0 Å². The summed E-state index contributed by atoms with van der Waals surface area (Å²) in [7, 11) is 2.96. The van der Waals surface area contributed by atoms with Crippen molar-refractivity contribution in [2.75, 3.05) is 37.8 Å². The van der Waals surface area contributed by atoms with Crippen LogP contribution in [0.15, 0.2) is 36.4 Å². The van der Waals surface area contributed by atoms with Gasteiger partial charge < -0.3 is 27.5 Å². The van der Waals surface area contributed by atoms with Crippen molar-refractivity contribution in [3.63, 3.8) is 0 Å². The number of nitrogens with zero attached hydrogens (tertiary/aromatic N) is 1. The Morgan fingerprint density at radius 2 is 1.35 bits per heavy atom. The van der Waals surface area contributed by atoms with Gasteiger partial charge in [-0.15, -0.1) is 0 Å². The van der Waals surface area contributed by atoms with Crippen molar-refractivity contribution in [3.05, 3.63) is 57.6 Å².